The molecule has 2 aliphatic heterocycles. The number of rotatable bonds is 6. The van der Waals surface area contributed by atoms with Crippen LogP contribution in [0.5, 0.6) is 0 Å². The van der Waals surface area contributed by atoms with Crippen molar-refractivity contribution in [2.75, 3.05) is 44.3 Å². The fourth-order valence-electron chi connectivity index (χ4n) is 3.98. The first-order valence-corrected chi connectivity index (χ1v) is 10.4. The molecule has 4 rings (SSSR count). The van der Waals surface area contributed by atoms with E-state index >= 15 is 0 Å². The summed E-state index contributed by atoms with van der Waals surface area (Å²) in [6.45, 7) is 3.11. The highest BCUT2D eigenvalue weighted by Gasteiger charge is 2.44. The maximum Gasteiger partial charge on any atom is 0.257 e. The van der Waals surface area contributed by atoms with Crippen LogP contribution in [0.25, 0.3) is 0 Å². The van der Waals surface area contributed by atoms with Gasteiger partial charge in [0.25, 0.3) is 11.8 Å². The third kappa shape index (κ3) is 4.53. The van der Waals surface area contributed by atoms with E-state index in [0.29, 0.717) is 32.8 Å². The highest BCUT2D eigenvalue weighted by atomic mass is 19.1. The molecular weight excluding hydrogens is 420 g/mol. The lowest BCUT2D eigenvalue weighted by molar-refractivity contribution is -0.122. The summed E-state index contributed by atoms with van der Waals surface area (Å²) in [5.74, 6) is -2.92. The predicted octanol–water partition coefficient (Wildman–Crippen LogP) is 2.07. The predicted molar refractivity (Wildman–Crippen MR) is 112 cm³/mol. The van der Waals surface area contributed by atoms with Crippen LogP contribution in [0.3, 0.4) is 0 Å². The first-order chi connectivity index (χ1) is 15.5. The first kappa shape index (κ1) is 22.0. The summed E-state index contributed by atoms with van der Waals surface area (Å²) in [7, 11) is 0. The van der Waals surface area contributed by atoms with Crippen molar-refractivity contribution < 1.29 is 27.9 Å². The Balaban J connectivity index is 1.60. The molecule has 0 saturated carbocycles. The lowest BCUT2D eigenvalue weighted by atomic mass is 10.1. The van der Waals surface area contributed by atoms with Gasteiger partial charge in [-0.3, -0.25) is 19.3 Å². The fourth-order valence-corrected chi connectivity index (χ4v) is 3.98. The Bertz CT molecular complexity index is 1010. The van der Waals surface area contributed by atoms with Gasteiger partial charge in [-0.2, -0.15) is 0 Å². The minimum absolute atomic E-state index is 0.147. The van der Waals surface area contributed by atoms with Crippen molar-refractivity contribution >= 4 is 23.4 Å². The molecule has 2 saturated heterocycles. The van der Waals surface area contributed by atoms with Gasteiger partial charge in [0, 0.05) is 26.2 Å². The summed E-state index contributed by atoms with van der Waals surface area (Å²) in [6.07, 6.45) is -0.223. The van der Waals surface area contributed by atoms with Crippen LogP contribution in [0.4, 0.5) is 14.5 Å². The zero-order chi connectivity index (χ0) is 22.7. The topological polar surface area (TPSA) is 70.2 Å². The molecule has 0 spiro atoms. The summed E-state index contributed by atoms with van der Waals surface area (Å²) in [5, 5.41) is 0. The Kier molecular flexibility index (Phi) is 6.57. The van der Waals surface area contributed by atoms with E-state index in [0.717, 1.165) is 17.0 Å². The minimum Gasteiger partial charge on any atom is -0.379 e. The normalized spacial score (nSPS) is 19.4. The molecule has 0 N–H and O–H groups in total. The van der Waals surface area contributed by atoms with E-state index in [4.69, 9.17) is 4.74 Å². The Morgan fingerprint density at radius 1 is 1.03 bits per heavy atom. The first-order valence-electron chi connectivity index (χ1n) is 10.4. The van der Waals surface area contributed by atoms with E-state index in [-0.39, 0.29) is 24.2 Å². The molecule has 1 atom stereocenters. The number of amides is 3. The molecule has 0 bridgehead atoms. The lowest BCUT2D eigenvalue weighted by Crippen LogP contribution is -2.49. The van der Waals surface area contributed by atoms with Gasteiger partial charge < -0.3 is 9.64 Å². The smallest absolute Gasteiger partial charge is 0.257 e. The number of morpholine rings is 1. The van der Waals surface area contributed by atoms with E-state index in [1.807, 2.05) is 0 Å². The fraction of sp³-hybridized carbons (Fsp3) is 0.348. The summed E-state index contributed by atoms with van der Waals surface area (Å²) in [4.78, 5) is 43.5. The number of nitrogens with zero attached hydrogens (tertiary/aromatic N) is 3. The van der Waals surface area contributed by atoms with Crippen molar-refractivity contribution in [2.24, 2.45) is 0 Å². The van der Waals surface area contributed by atoms with Crippen LogP contribution in [-0.4, -0.2) is 73.0 Å². The van der Waals surface area contributed by atoms with Gasteiger partial charge in [0.2, 0.25) is 5.91 Å². The molecule has 1 unspecified atom stereocenters. The molecule has 2 fully saturated rings. The number of hydrogen-bond acceptors (Lipinski definition) is 5. The van der Waals surface area contributed by atoms with Crippen molar-refractivity contribution in [3.63, 3.8) is 0 Å². The van der Waals surface area contributed by atoms with Crippen LogP contribution in [0.15, 0.2) is 48.5 Å². The van der Waals surface area contributed by atoms with Gasteiger partial charge in [0.15, 0.2) is 0 Å². The van der Waals surface area contributed by atoms with Crippen LogP contribution in [0.1, 0.15) is 16.8 Å². The zero-order valence-electron chi connectivity index (χ0n) is 17.4. The Labute approximate surface area is 184 Å². The SMILES string of the molecule is O=C1CC(N(CCN2CCOCC2)C(=O)c2ccccc2F)C(=O)N1c1ccc(F)cc1. The summed E-state index contributed by atoms with van der Waals surface area (Å²) >= 11 is 0. The van der Waals surface area contributed by atoms with Crippen LogP contribution >= 0.6 is 0 Å². The van der Waals surface area contributed by atoms with Gasteiger partial charge in [0.05, 0.1) is 30.9 Å². The number of carbonyl (C=O) groups excluding carboxylic acids is 3. The molecule has 32 heavy (non-hydrogen) atoms. The molecule has 3 amide bonds. The second-order valence-electron chi connectivity index (χ2n) is 7.70. The average Bonchev–Trinajstić information content (AvgIpc) is 3.09. The quantitative estimate of drug-likeness (QED) is 0.640. The van der Waals surface area contributed by atoms with Crippen molar-refractivity contribution in [3.8, 4) is 0 Å². The Morgan fingerprint density at radius 2 is 1.72 bits per heavy atom. The van der Waals surface area contributed by atoms with E-state index in [1.165, 1.54) is 35.2 Å². The highest BCUT2D eigenvalue weighted by molar-refractivity contribution is 6.23. The maximum absolute atomic E-state index is 14.4. The molecule has 2 aromatic carbocycles. The second-order valence-corrected chi connectivity index (χ2v) is 7.70. The lowest BCUT2D eigenvalue weighted by Gasteiger charge is -2.32. The van der Waals surface area contributed by atoms with Crippen LogP contribution in [-0.2, 0) is 14.3 Å². The van der Waals surface area contributed by atoms with Crippen molar-refractivity contribution in [1.29, 1.82) is 0 Å². The molecule has 0 aliphatic carbocycles. The van der Waals surface area contributed by atoms with Gasteiger partial charge in [-0.05, 0) is 36.4 Å². The zero-order valence-corrected chi connectivity index (χ0v) is 17.4. The molecule has 2 heterocycles. The van der Waals surface area contributed by atoms with E-state index < -0.39 is 35.4 Å². The maximum atomic E-state index is 14.4. The van der Waals surface area contributed by atoms with Gasteiger partial charge >= 0.3 is 0 Å². The molecule has 168 valence electrons. The Hall–Kier alpha value is -3.17. The van der Waals surface area contributed by atoms with E-state index in [9.17, 15) is 23.2 Å². The number of carbonyl (C=O) groups is 3. The van der Waals surface area contributed by atoms with E-state index in [2.05, 4.69) is 4.90 Å². The molecule has 0 radical (unpaired) electrons. The molecular formula is C23H23F2N3O4. The number of halogens is 2. The molecule has 7 nitrogen and oxygen atoms in total. The van der Waals surface area contributed by atoms with Crippen molar-refractivity contribution in [3.05, 3.63) is 65.7 Å². The van der Waals surface area contributed by atoms with Crippen LogP contribution in [0.2, 0.25) is 0 Å². The summed E-state index contributed by atoms with van der Waals surface area (Å²) in [5.41, 5.74) is 0.0744. The van der Waals surface area contributed by atoms with Gasteiger partial charge in [-0.15, -0.1) is 0 Å². The summed E-state index contributed by atoms with van der Waals surface area (Å²) in [6, 6.07) is 9.48. The number of imide groups is 1. The number of anilines is 1. The van der Waals surface area contributed by atoms with Crippen molar-refractivity contribution in [2.45, 2.75) is 12.5 Å². The standard InChI is InChI=1S/C23H23F2N3O4/c24-16-5-7-17(8-6-16)28-21(29)15-20(23(28)31)27(10-9-26-11-13-32-14-12-26)22(30)18-3-1-2-4-19(18)25/h1-8,20H,9-15H2. The molecule has 9 heteroatoms. The highest BCUT2D eigenvalue weighted by Crippen LogP contribution is 2.27. The summed E-state index contributed by atoms with van der Waals surface area (Å²) < 4.78 is 33.0. The van der Waals surface area contributed by atoms with Crippen LogP contribution in [0, 0.1) is 11.6 Å². The van der Waals surface area contributed by atoms with Crippen molar-refractivity contribution in [1.82, 2.24) is 9.80 Å². The van der Waals surface area contributed by atoms with Gasteiger partial charge in [-0.1, -0.05) is 12.1 Å². The van der Waals surface area contributed by atoms with Gasteiger partial charge in [-0.25, -0.2) is 13.7 Å². The molecule has 2 aliphatic rings. The van der Waals surface area contributed by atoms with Crippen LogP contribution < -0.4 is 4.90 Å². The average molecular weight is 443 g/mol. The van der Waals surface area contributed by atoms with E-state index in [1.54, 1.807) is 6.07 Å². The second kappa shape index (κ2) is 9.54. The molecule has 0 aromatic heterocycles. The van der Waals surface area contributed by atoms with Gasteiger partial charge in [0.1, 0.15) is 17.7 Å². The number of hydrogen-bond donors (Lipinski definition) is 0. The molecule has 2 aromatic rings. The number of benzene rings is 2. The largest absolute Gasteiger partial charge is 0.379 e. The third-order valence-electron chi connectivity index (χ3n) is 5.71. The number of ether oxygens (including phenoxy) is 1. The third-order valence-corrected chi connectivity index (χ3v) is 5.71. The minimum atomic E-state index is -1.07. The monoisotopic (exact) mass is 443 g/mol. The Morgan fingerprint density at radius 3 is 2.41 bits per heavy atom.